The second-order valence-corrected chi connectivity index (χ2v) is 7.66. The molecule has 0 bridgehead atoms. The molecule has 1 heterocycles. The van der Waals surface area contributed by atoms with Crippen LogP contribution in [0.15, 0.2) is 36.9 Å². The van der Waals surface area contributed by atoms with Crippen LogP contribution in [0.2, 0.25) is 0 Å². The Bertz CT molecular complexity index is 606. The summed E-state index contributed by atoms with van der Waals surface area (Å²) in [6.07, 6.45) is 10.9. The number of benzene rings is 1. The molecule has 0 amide bonds. The summed E-state index contributed by atoms with van der Waals surface area (Å²) in [6, 6.07) is 8.46. The van der Waals surface area contributed by atoms with Gasteiger partial charge in [-0.1, -0.05) is 49.8 Å². The zero-order chi connectivity index (χ0) is 18.2. The first-order valence-corrected chi connectivity index (χ1v) is 10.2. The molecule has 2 atom stereocenters. The first-order chi connectivity index (χ1) is 12.8. The summed E-state index contributed by atoms with van der Waals surface area (Å²) in [5, 5.41) is 0. The standard InChI is InChI=1S/C24H32O2/c1-3-5-6-20-11-14-22(15-12-20)24-18-25-23(17-26-24)16-13-21-9-7-19(4-2)8-10-21/h3,7-10,20,22-24H,1,4-6,11-12,14-15,17-18H2,2H3/t20-,22-,23-,24?/m0/s1. The number of ether oxygens (including phenoxy) is 2. The highest BCUT2D eigenvalue weighted by Crippen LogP contribution is 2.35. The Kier molecular flexibility index (Phi) is 7.35. The Labute approximate surface area is 159 Å². The molecule has 0 spiro atoms. The molecule has 2 heteroatoms. The number of allylic oxidation sites excluding steroid dienone is 1. The monoisotopic (exact) mass is 352 g/mol. The Morgan fingerprint density at radius 3 is 2.46 bits per heavy atom. The molecule has 26 heavy (non-hydrogen) atoms. The normalized spacial score (nSPS) is 28.8. The molecule has 0 N–H and O–H groups in total. The van der Waals surface area contributed by atoms with Gasteiger partial charge in [-0.25, -0.2) is 0 Å². The summed E-state index contributed by atoms with van der Waals surface area (Å²) in [6.45, 7) is 7.29. The van der Waals surface area contributed by atoms with Gasteiger partial charge < -0.3 is 9.47 Å². The molecule has 1 aliphatic heterocycles. The van der Waals surface area contributed by atoms with Crippen LogP contribution in [0.4, 0.5) is 0 Å². The van der Waals surface area contributed by atoms with Crippen LogP contribution in [0, 0.1) is 23.7 Å². The second-order valence-electron chi connectivity index (χ2n) is 7.66. The molecular formula is C24H32O2. The maximum atomic E-state index is 6.13. The molecule has 1 unspecified atom stereocenters. The van der Waals surface area contributed by atoms with Gasteiger partial charge in [0, 0.05) is 5.56 Å². The van der Waals surface area contributed by atoms with Gasteiger partial charge in [0.2, 0.25) is 0 Å². The highest BCUT2D eigenvalue weighted by Gasteiger charge is 2.31. The van der Waals surface area contributed by atoms with Gasteiger partial charge in [-0.3, -0.25) is 0 Å². The third kappa shape index (κ3) is 5.47. The van der Waals surface area contributed by atoms with Crippen LogP contribution in [0.3, 0.4) is 0 Å². The van der Waals surface area contributed by atoms with Crippen LogP contribution in [-0.2, 0) is 15.9 Å². The lowest BCUT2D eigenvalue weighted by Crippen LogP contribution is -2.40. The summed E-state index contributed by atoms with van der Waals surface area (Å²) in [5.74, 6) is 7.98. The van der Waals surface area contributed by atoms with E-state index in [1.807, 2.05) is 6.08 Å². The van der Waals surface area contributed by atoms with Gasteiger partial charge in [-0.15, -0.1) is 6.58 Å². The molecule has 1 saturated carbocycles. The number of aryl methyl sites for hydroxylation is 1. The zero-order valence-corrected chi connectivity index (χ0v) is 16.1. The molecule has 2 fully saturated rings. The summed E-state index contributed by atoms with van der Waals surface area (Å²) >= 11 is 0. The van der Waals surface area contributed by atoms with Crippen molar-refractivity contribution in [3.05, 3.63) is 48.0 Å². The van der Waals surface area contributed by atoms with Crippen molar-refractivity contribution < 1.29 is 9.47 Å². The lowest BCUT2D eigenvalue weighted by atomic mass is 9.77. The molecule has 1 saturated heterocycles. The van der Waals surface area contributed by atoms with E-state index in [1.54, 1.807) is 0 Å². The topological polar surface area (TPSA) is 18.5 Å². The van der Waals surface area contributed by atoms with E-state index in [2.05, 4.69) is 49.6 Å². The van der Waals surface area contributed by atoms with Crippen LogP contribution in [0.5, 0.6) is 0 Å². The first-order valence-electron chi connectivity index (χ1n) is 10.2. The molecule has 0 aromatic heterocycles. The average molecular weight is 353 g/mol. The van der Waals surface area contributed by atoms with Gasteiger partial charge in [-0.2, -0.15) is 0 Å². The van der Waals surface area contributed by atoms with Crippen LogP contribution in [0.25, 0.3) is 0 Å². The van der Waals surface area contributed by atoms with E-state index in [0.29, 0.717) is 19.1 Å². The second kappa shape index (κ2) is 9.95. The lowest BCUT2D eigenvalue weighted by molar-refractivity contribution is -0.138. The highest BCUT2D eigenvalue weighted by molar-refractivity contribution is 5.36. The number of rotatable bonds is 5. The van der Waals surface area contributed by atoms with E-state index >= 15 is 0 Å². The van der Waals surface area contributed by atoms with Gasteiger partial charge >= 0.3 is 0 Å². The fourth-order valence-corrected chi connectivity index (χ4v) is 4.06. The molecule has 1 aromatic carbocycles. The van der Waals surface area contributed by atoms with Crippen LogP contribution < -0.4 is 0 Å². The van der Waals surface area contributed by atoms with Gasteiger partial charge in [-0.05, 0) is 61.6 Å². The van der Waals surface area contributed by atoms with Gasteiger partial charge in [0.25, 0.3) is 0 Å². The number of hydrogen-bond acceptors (Lipinski definition) is 2. The smallest absolute Gasteiger partial charge is 0.141 e. The fourth-order valence-electron chi connectivity index (χ4n) is 4.06. The predicted octanol–water partition coefficient (Wildman–Crippen LogP) is 5.16. The minimum atomic E-state index is -0.0963. The SMILES string of the molecule is C=CCC[C@H]1CC[C@H](C2CO[C@@H](C#Cc3ccc(CC)cc3)CO2)CC1. The minimum Gasteiger partial charge on any atom is -0.372 e. The van der Waals surface area contributed by atoms with Crippen molar-refractivity contribution >= 4 is 0 Å². The van der Waals surface area contributed by atoms with Gasteiger partial charge in [0.05, 0.1) is 19.3 Å². The van der Waals surface area contributed by atoms with Crippen molar-refractivity contribution in [3.8, 4) is 11.8 Å². The maximum absolute atomic E-state index is 6.13. The van der Waals surface area contributed by atoms with Crippen LogP contribution in [0.1, 0.15) is 56.6 Å². The number of hydrogen-bond donors (Lipinski definition) is 0. The van der Waals surface area contributed by atoms with Crippen LogP contribution >= 0.6 is 0 Å². The molecule has 0 radical (unpaired) electrons. The van der Waals surface area contributed by atoms with E-state index in [-0.39, 0.29) is 12.2 Å². The quantitative estimate of drug-likeness (QED) is 0.538. The van der Waals surface area contributed by atoms with E-state index in [0.717, 1.165) is 24.3 Å². The van der Waals surface area contributed by atoms with E-state index in [4.69, 9.17) is 9.47 Å². The molecule has 3 rings (SSSR count). The van der Waals surface area contributed by atoms with Crippen molar-refractivity contribution in [3.63, 3.8) is 0 Å². The molecule has 1 aromatic rings. The Morgan fingerprint density at radius 1 is 1.08 bits per heavy atom. The fraction of sp³-hybridized carbons (Fsp3) is 0.583. The summed E-state index contributed by atoms with van der Waals surface area (Å²) < 4.78 is 12.1. The molecule has 2 aliphatic rings. The highest BCUT2D eigenvalue weighted by atomic mass is 16.6. The Hall–Kier alpha value is -1.56. The van der Waals surface area contributed by atoms with Crippen molar-refractivity contribution in [2.75, 3.05) is 13.2 Å². The van der Waals surface area contributed by atoms with Crippen molar-refractivity contribution in [1.82, 2.24) is 0 Å². The van der Waals surface area contributed by atoms with Crippen LogP contribution in [-0.4, -0.2) is 25.4 Å². The summed E-state index contributed by atoms with van der Waals surface area (Å²) in [5.41, 5.74) is 2.39. The predicted molar refractivity (Wildman–Crippen MR) is 107 cm³/mol. The molecule has 2 nitrogen and oxygen atoms in total. The van der Waals surface area contributed by atoms with Gasteiger partial charge in [0.1, 0.15) is 6.10 Å². The van der Waals surface area contributed by atoms with Gasteiger partial charge in [0.15, 0.2) is 0 Å². The lowest BCUT2D eigenvalue weighted by Gasteiger charge is -2.36. The summed E-state index contributed by atoms with van der Waals surface area (Å²) in [7, 11) is 0. The average Bonchev–Trinajstić information content (AvgIpc) is 2.72. The van der Waals surface area contributed by atoms with E-state index < -0.39 is 0 Å². The largest absolute Gasteiger partial charge is 0.372 e. The molecule has 1 aliphatic carbocycles. The Morgan fingerprint density at radius 2 is 1.85 bits per heavy atom. The molecular weight excluding hydrogens is 320 g/mol. The zero-order valence-electron chi connectivity index (χ0n) is 16.1. The Balaban J connectivity index is 1.42. The minimum absolute atomic E-state index is 0.0963. The van der Waals surface area contributed by atoms with Crippen molar-refractivity contribution in [2.45, 2.75) is 64.1 Å². The van der Waals surface area contributed by atoms with Crippen molar-refractivity contribution in [2.24, 2.45) is 11.8 Å². The van der Waals surface area contributed by atoms with E-state index in [9.17, 15) is 0 Å². The molecule has 140 valence electrons. The van der Waals surface area contributed by atoms with Crippen molar-refractivity contribution in [1.29, 1.82) is 0 Å². The summed E-state index contributed by atoms with van der Waals surface area (Å²) in [4.78, 5) is 0. The maximum Gasteiger partial charge on any atom is 0.141 e. The first kappa shape index (κ1) is 19.2. The third-order valence-corrected chi connectivity index (χ3v) is 5.86. The van der Waals surface area contributed by atoms with E-state index in [1.165, 1.54) is 37.7 Å². The third-order valence-electron chi connectivity index (χ3n) is 5.86.